The van der Waals surface area contributed by atoms with E-state index in [0.717, 1.165) is 31.7 Å². The predicted octanol–water partition coefficient (Wildman–Crippen LogP) is 2.38. The minimum Gasteiger partial charge on any atom is -0.369 e. The number of amides is 2. The maximum atomic E-state index is 12.1. The number of piperidine rings is 1. The fourth-order valence-electron chi connectivity index (χ4n) is 6.10. The third kappa shape index (κ3) is 3.87. The Kier molecular flexibility index (Phi) is 5.10. The number of rotatable bonds is 4. The van der Waals surface area contributed by atoms with Gasteiger partial charge in [-0.1, -0.05) is 12.1 Å². The summed E-state index contributed by atoms with van der Waals surface area (Å²) in [6.45, 7) is 5.57. The van der Waals surface area contributed by atoms with Crippen molar-refractivity contribution in [1.29, 1.82) is 0 Å². The van der Waals surface area contributed by atoms with Crippen LogP contribution in [0, 0.1) is 5.41 Å². The number of carbonyl (C=O) groups is 2. The van der Waals surface area contributed by atoms with Crippen molar-refractivity contribution in [3.8, 4) is 0 Å². The van der Waals surface area contributed by atoms with E-state index in [-0.39, 0.29) is 23.3 Å². The van der Waals surface area contributed by atoms with Gasteiger partial charge < -0.3 is 10.6 Å². The molecule has 2 saturated heterocycles. The number of nitrogens with one attached hydrogen (secondary N) is 1. The first-order valence-corrected chi connectivity index (χ1v) is 11.6. The Morgan fingerprint density at radius 1 is 0.933 bits per heavy atom. The minimum absolute atomic E-state index is 0.153. The zero-order chi connectivity index (χ0) is 20.8. The first kappa shape index (κ1) is 20.0. The molecule has 5 aliphatic rings. The topological polar surface area (TPSA) is 78.7 Å². The van der Waals surface area contributed by atoms with Crippen LogP contribution >= 0.6 is 0 Å². The second-order valence-corrected chi connectivity index (χ2v) is 10.2. The van der Waals surface area contributed by atoms with Crippen LogP contribution in [-0.2, 0) is 9.59 Å². The Labute approximate surface area is 179 Å². The van der Waals surface area contributed by atoms with Gasteiger partial charge in [-0.3, -0.25) is 19.8 Å². The lowest BCUT2D eigenvalue weighted by atomic mass is 9.57. The van der Waals surface area contributed by atoms with E-state index in [0.29, 0.717) is 18.3 Å². The first-order chi connectivity index (χ1) is 14.4. The molecule has 6 rings (SSSR count). The summed E-state index contributed by atoms with van der Waals surface area (Å²) in [5, 5.41) is 2.46. The van der Waals surface area contributed by atoms with Gasteiger partial charge in [0, 0.05) is 50.4 Å². The fraction of sp³-hybridized carbons (Fsp3) is 0.667. The molecule has 0 aromatic heterocycles. The van der Waals surface area contributed by atoms with Crippen LogP contribution in [0.15, 0.2) is 24.3 Å². The number of benzene rings is 1. The zero-order valence-corrected chi connectivity index (χ0v) is 17.9. The van der Waals surface area contributed by atoms with Crippen molar-refractivity contribution in [3.63, 3.8) is 0 Å². The summed E-state index contributed by atoms with van der Waals surface area (Å²) in [5.41, 5.74) is 9.39. The SMILES string of the molecule is NC12CCC(CN3CCN(c4ccc(C5CCC(=O)NC5=O)cc4)CC3)(CC1)CC2. The summed E-state index contributed by atoms with van der Waals surface area (Å²) in [6, 6.07) is 8.39. The standard InChI is InChI=1S/C24H34N4O2/c25-24-10-7-23(8-11-24,9-12-24)17-27-13-15-28(16-14-27)19-3-1-18(2-4-19)20-5-6-21(29)26-22(20)30/h1-4,20H,5-17,25H2,(H,26,29,30). The summed E-state index contributed by atoms with van der Waals surface area (Å²) in [4.78, 5) is 28.6. The van der Waals surface area contributed by atoms with Crippen molar-refractivity contribution in [1.82, 2.24) is 10.2 Å². The van der Waals surface area contributed by atoms with E-state index in [1.807, 2.05) is 0 Å². The molecular formula is C24H34N4O2. The molecule has 0 spiro atoms. The van der Waals surface area contributed by atoms with Crippen LogP contribution in [0.3, 0.4) is 0 Å². The van der Waals surface area contributed by atoms with Crippen molar-refractivity contribution in [2.24, 2.45) is 11.1 Å². The van der Waals surface area contributed by atoms with Crippen LogP contribution in [-0.4, -0.2) is 55.0 Å². The maximum absolute atomic E-state index is 12.1. The molecule has 1 aromatic rings. The molecule has 3 saturated carbocycles. The van der Waals surface area contributed by atoms with Gasteiger partial charge in [-0.05, 0) is 68.1 Å². The Bertz CT molecular complexity index is 788. The Hall–Kier alpha value is -1.92. The van der Waals surface area contributed by atoms with Crippen molar-refractivity contribution in [3.05, 3.63) is 29.8 Å². The van der Waals surface area contributed by atoms with Crippen LogP contribution in [0.2, 0.25) is 0 Å². The molecule has 1 unspecified atom stereocenters. The lowest BCUT2D eigenvalue weighted by Crippen LogP contribution is -2.57. The van der Waals surface area contributed by atoms with Crippen molar-refractivity contribution in [2.45, 2.75) is 62.8 Å². The molecule has 3 N–H and O–H groups in total. The van der Waals surface area contributed by atoms with Crippen molar-refractivity contribution >= 4 is 17.5 Å². The summed E-state index contributed by atoms with van der Waals surface area (Å²) in [6.07, 6.45) is 8.61. The molecule has 2 heterocycles. The number of fused-ring (bicyclic) bond motifs is 3. The fourth-order valence-corrected chi connectivity index (χ4v) is 6.10. The van der Waals surface area contributed by atoms with Crippen LogP contribution in [0.5, 0.6) is 0 Å². The molecule has 2 aliphatic heterocycles. The van der Waals surface area contributed by atoms with Gasteiger partial charge in [0.15, 0.2) is 0 Å². The number of piperazine rings is 1. The largest absolute Gasteiger partial charge is 0.369 e. The highest BCUT2D eigenvalue weighted by molar-refractivity contribution is 6.00. The van der Waals surface area contributed by atoms with Gasteiger partial charge in [0.05, 0.1) is 5.92 Å². The van der Waals surface area contributed by atoms with E-state index < -0.39 is 0 Å². The van der Waals surface area contributed by atoms with Gasteiger partial charge >= 0.3 is 0 Å². The number of anilines is 1. The summed E-state index contributed by atoms with van der Waals surface area (Å²) >= 11 is 0. The van der Waals surface area contributed by atoms with Gasteiger partial charge in [0.1, 0.15) is 0 Å². The number of hydrogen-bond acceptors (Lipinski definition) is 5. The molecular weight excluding hydrogens is 376 g/mol. The molecule has 2 amide bonds. The van der Waals surface area contributed by atoms with E-state index >= 15 is 0 Å². The van der Waals surface area contributed by atoms with Gasteiger partial charge in [-0.25, -0.2) is 0 Å². The third-order valence-electron chi connectivity index (χ3n) is 8.29. The van der Waals surface area contributed by atoms with E-state index in [4.69, 9.17) is 5.73 Å². The van der Waals surface area contributed by atoms with E-state index in [2.05, 4.69) is 39.4 Å². The predicted molar refractivity (Wildman–Crippen MR) is 117 cm³/mol. The average Bonchev–Trinajstić information content (AvgIpc) is 2.76. The molecule has 5 fully saturated rings. The van der Waals surface area contributed by atoms with E-state index in [1.165, 1.54) is 50.8 Å². The van der Waals surface area contributed by atoms with Crippen molar-refractivity contribution in [2.75, 3.05) is 37.6 Å². The van der Waals surface area contributed by atoms with Crippen molar-refractivity contribution < 1.29 is 9.59 Å². The lowest BCUT2D eigenvalue weighted by Gasteiger charge is -2.54. The monoisotopic (exact) mass is 410 g/mol. The minimum atomic E-state index is -0.203. The first-order valence-electron chi connectivity index (χ1n) is 11.6. The Balaban J connectivity index is 1.15. The van der Waals surface area contributed by atoms with E-state index in [9.17, 15) is 9.59 Å². The number of nitrogens with two attached hydrogens (primary N) is 1. The van der Waals surface area contributed by atoms with Gasteiger partial charge in [0.2, 0.25) is 11.8 Å². The zero-order valence-electron chi connectivity index (χ0n) is 17.9. The maximum Gasteiger partial charge on any atom is 0.234 e. The molecule has 6 nitrogen and oxygen atoms in total. The molecule has 30 heavy (non-hydrogen) atoms. The highest BCUT2D eigenvalue weighted by Gasteiger charge is 2.47. The molecule has 2 bridgehead atoms. The van der Waals surface area contributed by atoms with Crippen LogP contribution in [0.1, 0.15) is 62.8 Å². The number of hydrogen-bond donors (Lipinski definition) is 2. The second kappa shape index (κ2) is 7.65. The van der Waals surface area contributed by atoms with Gasteiger partial charge in [0.25, 0.3) is 0 Å². The highest BCUT2D eigenvalue weighted by Crippen LogP contribution is 2.51. The Morgan fingerprint density at radius 3 is 2.17 bits per heavy atom. The molecule has 1 atom stereocenters. The number of carbonyl (C=O) groups excluding carboxylic acids is 2. The summed E-state index contributed by atoms with van der Waals surface area (Å²) in [7, 11) is 0. The Morgan fingerprint density at radius 2 is 1.57 bits per heavy atom. The summed E-state index contributed by atoms with van der Waals surface area (Å²) in [5.74, 6) is -0.524. The quantitative estimate of drug-likeness (QED) is 0.745. The van der Waals surface area contributed by atoms with Crippen LogP contribution < -0.4 is 16.0 Å². The summed E-state index contributed by atoms with van der Waals surface area (Å²) < 4.78 is 0. The molecule has 6 heteroatoms. The molecule has 1 aromatic carbocycles. The number of imide groups is 1. The molecule has 3 aliphatic carbocycles. The smallest absolute Gasteiger partial charge is 0.234 e. The van der Waals surface area contributed by atoms with Crippen LogP contribution in [0.25, 0.3) is 0 Å². The van der Waals surface area contributed by atoms with Gasteiger partial charge in [-0.2, -0.15) is 0 Å². The molecule has 162 valence electrons. The average molecular weight is 411 g/mol. The number of nitrogens with zero attached hydrogens (tertiary/aromatic N) is 2. The third-order valence-corrected chi connectivity index (χ3v) is 8.29. The molecule has 0 radical (unpaired) electrons. The van der Waals surface area contributed by atoms with Crippen LogP contribution in [0.4, 0.5) is 5.69 Å². The van der Waals surface area contributed by atoms with E-state index in [1.54, 1.807) is 0 Å². The van der Waals surface area contributed by atoms with Gasteiger partial charge in [-0.15, -0.1) is 0 Å². The highest BCUT2D eigenvalue weighted by atomic mass is 16.2. The lowest BCUT2D eigenvalue weighted by molar-refractivity contribution is -0.134. The second-order valence-electron chi connectivity index (χ2n) is 10.2. The normalized spacial score (nSPS) is 34.8.